The van der Waals surface area contributed by atoms with Gasteiger partial charge in [0, 0.05) is 34.3 Å². The first-order valence-electron chi connectivity index (χ1n) is 6.22. The topological polar surface area (TPSA) is 71.5 Å². The van der Waals surface area contributed by atoms with Crippen molar-refractivity contribution in [3.63, 3.8) is 0 Å². The summed E-state index contributed by atoms with van der Waals surface area (Å²) in [7, 11) is 1.52. The molecule has 1 fully saturated rings. The van der Waals surface area contributed by atoms with E-state index in [4.69, 9.17) is 10.7 Å². The molecule has 1 aliphatic rings. The number of nitrogens with zero attached hydrogens (tertiary/aromatic N) is 1. The molecule has 0 radical (unpaired) electrons. The van der Waals surface area contributed by atoms with Crippen LogP contribution in [0, 0.1) is 0 Å². The zero-order valence-electron chi connectivity index (χ0n) is 10.7. The number of benzene rings is 2. The second kappa shape index (κ2) is 4.82. The standard InChI is InChI=1S/C14H10ClNO4S/c15-21(19,20)12-6-2-3-9-10(12)4-1-5-11(9)16-13(17)7-8-14(16)18/h1-6H,7-8H2. The number of fused-ring (bicyclic) bond motifs is 1. The van der Waals surface area contributed by atoms with E-state index in [0.717, 1.165) is 4.90 Å². The number of halogens is 1. The highest BCUT2D eigenvalue weighted by Gasteiger charge is 2.31. The molecule has 0 bridgehead atoms. The maximum atomic E-state index is 11.9. The minimum atomic E-state index is -3.91. The lowest BCUT2D eigenvalue weighted by molar-refractivity contribution is -0.121. The molecule has 0 saturated carbocycles. The van der Waals surface area contributed by atoms with E-state index in [2.05, 4.69) is 0 Å². The number of carbonyl (C=O) groups excluding carboxylic acids is 2. The molecule has 0 unspecified atom stereocenters. The smallest absolute Gasteiger partial charge is 0.261 e. The number of rotatable bonds is 2. The Kier molecular flexibility index (Phi) is 3.22. The third-order valence-electron chi connectivity index (χ3n) is 3.41. The van der Waals surface area contributed by atoms with Gasteiger partial charge in [-0.15, -0.1) is 0 Å². The SMILES string of the molecule is O=C1CCC(=O)N1c1cccc2c(S(=O)(=O)Cl)cccc12. The Morgan fingerprint density at radius 2 is 1.48 bits per heavy atom. The van der Waals surface area contributed by atoms with E-state index in [-0.39, 0.29) is 29.6 Å². The maximum Gasteiger partial charge on any atom is 0.261 e. The molecule has 0 aliphatic carbocycles. The van der Waals surface area contributed by atoms with Crippen molar-refractivity contribution in [1.82, 2.24) is 0 Å². The van der Waals surface area contributed by atoms with Crippen LogP contribution in [0.15, 0.2) is 41.3 Å². The first-order valence-corrected chi connectivity index (χ1v) is 8.53. The first-order chi connectivity index (χ1) is 9.89. The summed E-state index contributed by atoms with van der Waals surface area (Å²) in [6.07, 6.45) is 0.339. The largest absolute Gasteiger partial charge is 0.274 e. The van der Waals surface area contributed by atoms with Crippen LogP contribution in [-0.2, 0) is 18.6 Å². The van der Waals surface area contributed by atoms with Gasteiger partial charge in [-0.1, -0.05) is 24.3 Å². The van der Waals surface area contributed by atoms with Crippen LogP contribution in [-0.4, -0.2) is 20.2 Å². The third-order valence-corrected chi connectivity index (χ3v) is 4.79. The van der Waals surface area contributed by atoms with Gasteiger partial charge in [0.25, 0.3) is 9.05 Å². The van der Waals surface area contributed by atoms with Gasteiger partial charge in [-0.25, -0.2) is 13.3 Å². The summed E-state index contributed by atoms with van der Waals surface area (Å²) >= 11 is 0. The van der Waals surface area contributed by atoms with Crippen molar-refractivity contribution in [2.45, 2.75) is 17.7 Å². The minimum Gasteiger partial charge on any atom is -0.274 e. The average Bonchev–Trinajstić information content (AvgIpc) is 2.76. The molecule has 0 aromatic heterocycles. The predicted molar refractivity (Wildman–Crippen MR) is 78.7 cm³/mol. The summed E-state index contributed by atoms with van der Waals surface area (Å²) in [5.41, 5.74) is 0.391. The predicted octanol–water partition coefficient (Wildman–Crippen LogP) is 2.42. The van der Waals surface area contributed by atoms with Crippen molar-refractivity contribution in [3.05, 3.63) is 36.4 Å². The van der Waals surface area contributed by atoms with Crippen LogP contribution in [0.4, 0.5) is 5.69 Å². The highest BCUT2D eigenvalue weighted by atomic mass is 35.7. The Labute approximate surface area is 125 Å². The Morgan fingerprint density at radius 1 is 0.905 bits per heavy atom. The van der Waals surface area contributed by atoms with E-state index in [1.54, 1.807) is 24.3 Å². The van der Waals surface area contributed by atoms with Crippen LogP contribution < -0.4 is 4.90 Å². The van der Waals surface area contributed by atoms with E-state index in [0.29, 0.717) is 16.5 Å². The lowest BCUT2D eigenvalue weighted by Crippen LogP contribution is -2.28. The van der Waals surface area contributed by atoms with Gasteiger partial charge in [-0.05, 0) is 12.1 Å². The number of carbonyl (C=O) groups is 2. The van der Waals surface area contributed by atoms with E-state index >= 15 is 0 Å². The van der Waals surface area contributed by atoms with Crippen LogP contribution in [0.5, 0.6) is 0 Å². The summed E-state index contributed by atoms with van der Waals surface area (Å²) in [5.74, 6) is -0.571. The molecule has 0 N–H and O–H groups in total. The van der Waals surface area contributed by atoms with E-state index in [1.807, 2.05) is 0 Å². The summed E-state index contributed by atoms with van der Waals surface area (Å²) in [5, 5.41) is 0.889. The molecule has 3 rings (SSSR count). The van der Waals surface area contributed by atoms with Gasteiger partial charge in [-0.3, -0.25) is 9.59 Å². The van der Waals surface area contributed by atoms with Gasteiger partial charge in [0.05, 0.1) is 10.6 Å². The lowest BCUT2D eigenvalue weighted by atomic mass is 10.1. The molecular weight excluding hydrogens is 314 g/mol. The zero-order valence-corrected chi connectivity index (χ0v) is 12.3. The van der Waals surface area contributed by atoms with E-state index in [1.165, 1.54) is 12.1 Å². The van der Waals surface area contributed by atoms with Crippen LogP contribution in [0.25, 0.3) is 10.8 Å². The summed E-state index contributed by atoms with van der Waals surface area (Å²) in [6, 6.07) is 9.40. The first kappa shape index (κ1) is 14.0. The fourth-order valence-corrected chi connectivity index (χ4v) is 3.60. The fourth-order valence-electron chi connectivity index (χ4n) is 2.52. The van der Waals surface area contributed by atoms with Gasteiger partial charge < -0.3 is 0 Å². The van der Waals surface area contributed by atoms with E-state index < -0.39 is 9.05 Å². The summed E-state index contributed by atoms with van der Waals surface area (Å²) in [6.45, 7) is 0. The minimum absolute atomic E-state index is 0.0392. The summed E-state index contributed by atoms with van der Waals surface area (Å²) < 4.78 is 23.3. The molecule has 0 atom stereocenters. The van der Waals surface area contributed by atoms with Crippen molar-refractivity contribution < 1.29 is 18.0 Å². The van der Waals surface area contributed by atoms with Crippen molar-refractivity contribution >= 4 is 48.0 Å². The van der Waals surface area contributed by atoms with Gasteiger partial charge in [0.15, 0.2) is 0 Å². The van der Waals surface area contributed by atoms with Gasteiger partial charge in [-0.2, -0.15) is 0 Å². The number of amides is 2. The fraction of sp³-hybridized carbons (Fsp3) is 0.143. The number of imide groups is 1. The zero-order chi connectivity index (χ0) is 15.2. The molecule has 2 aromatic rings. The van der Waals surface area contributed by atoms with Crippen molar-refractivity contribution in [2.75, 3.05) is 4.90 Å². The maximum absolute atomic E-state index is 11.9. The van der Waals surface area contributed by atoms with Crippen LogP contribution in [0.2, 0.25) is 0 Å². The molecular formula is C14H10ClNO4S. The molecule has 21 heavy (non-hydrogen) atoms. The van der Waals surface area contributed by atoms with Gasteiger partial charge >= 0.3 is 0 Å². The molecule has 5 nitrogen and oxygen atoms in total. The van der Waals surface area contributed by atoms with Crippen molar-refractivity contribution in [2.24, 2.45) is 0 Å². The van der Waals surface area contributed by atoms with Crippen molar-refractivity contribution in [1.29, 1.82) is 0 Å². The number of hydrogen-bond acceptors (Lipinski definition) is 4. The second-order valence-electron chi connectivity index (χ2n) is 4.69. The molecule has 7 heteroatoms. The van der Waals surface area contributed by atoms with Gasteiger partial charge in [0.2, 0.25) is 11.8 Å². The summed E-state index contributed by atoms with van der Waals surface area (Å²) in [4.78, 5) is 24.8. The molecule has 1 heterocycles. The Morgan fingerprint density at radius 3 is 2.10 bits per heavy atom. The number of anilines is 1. The molecule has 0 spiro atoms. The normalized spacial score (nSPS) is 16.0. The van der Waals surface area contributed by atoms with E-state index in [9.17, 15) is 18.0 Å². The lowest BCUT2D eigenvalue weighted by Gasteiger charge is -2.17. The molecule has 1 saturated heterocycles. The second-order valence-corrected chi connectivity index (χ2v) is 7.22. The quantitative estimate of drug-likeness (QED) is 0.628. The highest BCUT2D eigenvalue weighted by Crippen LogP contribution is 2.34. The third kappa shape index (κ3) is 2.30. The van der Waals surface area contributed by atoms with Crippen LogP contribution in [0.1, 0.15) is 12.8 Å². The Bertz CT molecular complexity index is 860. The molecule has 108 valence electrons. The monoisotopic (exact) mass is 323 g/mol. The van der Waals surface area contributed by atoms with Crippen LogP contribution in [0.3, 0.4) is 0 Å². The molecule has 2 aromatic carbocycles. The van der Waals surface area contributed by atoms with Crippen LogP contribution >= 0.6 is 10.7 Å². The highest BCUT2D eigenvalue weighted by molar-refractivity contribution is 8.14. The number of hydrogen-bond donors (Lipinski definition) is 0. The van der Waals surface area contributed by atoms with Gasteiger partial charge in [0.1, 0.15) is 0 Å². The Balaban J connectivity index is 2.32. The Hall–Kier alpha value is -1.92. The van der Waals surface area contributed by atoms with Crippen molar-refractivity contribution in [3.8, 4) is 0 Å². The average molecular weight is 324 g/mol. The molecule has 2 amide bonds. The molecule has 1 aliphatic heterocycles.